The van der Waals surface area contributed by atoms with Crippen LogP contribution in [0.2, 0.25) is 0 Å². The van der Waals surface area contributed by atoms with Crippen LogP contribution in [0.5, 0.6) is 0 Å². The molecule has 3 rings (SSSR count). The van der Waals surface area contributed by atoms with Crippen molar-refractivity contribution in [3.8, 4) is 0 Å². The Morgan fingerprint density at radius 2 is 1.96 bits per heavy atom. The number of non-ortho nitro benzene ring substituents is 1. The number of likely N-dealkylation sites (tertiary alicyclic amines) is 2. The van der Waals surface area contributed by atoms with Gasteiger partial charge in [-0.15, -0.1) is 0 Å². The summed E-state index contributed by atoms with van der Waals surface area (Å²) in [6, 6.07) is 6.19. The lowest BCUT2D eigenvalue weighted by molar-refractivity contribution is -0.384. The number of carbonyl (C=O) groups is 1. The van der Waals surface area contributed by atoms with Crippen molar-refractivity contribution in [3.05, 3.63) is 39.9 Å². The molecule has 1 aromatic carbocycles. The second-order valence-corrected chi connectivity index (χ2v) is 7.41. The topological polar surface area (TPSA) is 75.9 Å². The van der Waals surface area contributed by atoms with Crippen LogP contribution in [0.4, 0.5) is 10.5 Å². The number of rotatable bonds is 5. The maximum absolute atomic E-state index is 12.5. The summed E-state index contributed by atoms with van der Waals surface area (Å²) in [5.74, 6) is 0. The Morgan fingerprint density at radius 3 is 2.60 bits per heavy atom. The minimum atomic E-state index is -0.449. The monoisotopic (exact) mass is 365 g/mol. The fourth-order valence-electron chi connectivity index (χ4n) is 3.49. The predicted molar refractivity (Wildman–Crippen MR) is 96.8 cm³/mol. The van der Waals surface area contributed by atoms with E-state index >= 15 is 0 Å². The van der Waals surface area contributed by atoms with E-state index in [9.17, 15) is 14.9 Å². The van der Waals surface area contributed by atoms with Gasteiger partial charge in [0.1, 0.15) is 6.61 Å². The Kier molecular flexibility index (Phi) is 5.80. The molecular weight excluding hydrogens is 342 g/mol. The van der Waals surface area contributed by atoms with Crippen LogP contribution in [-0.2, 0) is 11.3 Å². The molecule has 25 heavy (non-hydrogen) atoms. The first kappa shape index (κ1) is 18.0. The third kappa shape index (κ3) is 4.64. The van der Waals surface area contributed by atoms with E-state index in [-0.39, 0.29) is 29.7 Å². The van der Waals surface area contributed by atoms with E-state index in [0.29, 0.717) is 6.54 Å². The molecule has 0 aromatic heterocycles. The predicted octanol–water partition coefficient (Wildman–Crippen LogP) is 2.70. The number of nitro benzene ring substituents is 1. The normalized spacial score (nSPS) is 23.8. The Hall–Kier alpha value is -1.80. The molecule has 8 heteroatoms. The SMILES string of the molecule is O=C(OCc1ccc([N+](=O)[O-])cc1)N1C[C@@H](S)C[C@H]1CN1CCCC1. The van der Waals surface area contributed by atoms with Gasteiger partial charge in [-0.2, -0.15) is 12.6 Å². The molecule has 2 fully saturated rings. The molecule has 0 spiro atoms. The van der Waals surface area contributed by atoms with E-state index in [2.05, 4.69) is 17.5 Å². The first-order valence-corrected chi connectivity index (χ1v) is 9.11. The second-order valence-electron chi connectivity index (χ2n) is 6.68. The minimum Gasteiger partial charge on any atom is -0.445 e. The fourth-order valence-corrected chi connectivity index (χ4v) is 3.91. The molecule has 0 bridgehead atoms. The summed E-state index contributed by atoms with van der Waals surface area (Å²) < 4.78 is 5.42. The van der Waals surface area contributed by atoms with Crippen LogP contribution in [0.25, 0.3) is 0 Å². The number of carbonyl (C=O) groups excluding carboxylic acids is 1. The molecule has 0 radical (unpaired) electrons. The zero-order valence-electron chi connectivity index (χ0n) is 14.0. The molecule has 2 saturated heterocycles. The van der Waals surface area contributed by atoms with Crippen LogP contribution in [0.3, 0.4) is 0 Å². The van der Waals surface area contributed by atoms with Crippen LogP contribution < -0.4 is 0 Å². The minimum absolute atomic E-state index is 0.0261. The van der Waals surface area contributed by atoms with Gasteiger partial charge in [0.05, 0.1) is 4.92 Å². The lowest BCUT2D eigenvalue weighted by Gasteiger charge is -2.27. The number of nitro groups is 1. The number of thiol groups is 1. The molecule has 1 aromatic rings. The molecule has 0 aliphatic carbocycles. The van der Waals surface area contributed by atoms with Crippen molar-refractivity contribution in [2.45, 2.75) is 37.2 Å². The van der Waals surface area contributed by atoms with Gasteiger partial charge in [-0.3, -0.25) is 10.1 Å². The number of amides is 1. The van der Waals surface area contributed by atoms with Crippen molar-refractivity contribution in [3.63, 3.8) is 0 Å². The lowest BCUT2D eigenvalue weighted by Crippen LogP contribution is -2.42. The maximum Gasteiger partial charge on any atom is 0.410 e. The van der Waals surface area contributed by atoms with Crippen molar-refractivity contribution < 1.29 is 14.5 Å². The average molecular weight is 365 g/mol. The third-order valence-corrected chi connectivity index (χ3v) is 5.18. The van der Waals surface area contributed by atoms with E-state index in [1.165, 1.54) is 25.0 Å². The van der Waals surface area contributed by atoms with Gasteiger partial charge in [0, 0.05) is 36.5 Å². The molecule has 2 aliphatic heterocycles. The molecule has 0 unspecified atom stereocenters. The van der Waals surface area contributed by atoms with Crippen LogP contribution in [-0.4, -0.2) is 58.3 Å². The van der Waals surface area contributed by atoms with Crippen LogP contribution in [0.15, 0.2) is 24.3 Å². The first-order chi connectivity index (χ1) is 12.0. The van der Waals surface area contributed by atoms with Gasteiger partial charge >= 0.3 is 6.09 Å². The van der Waals surface area contributed by atoms with Crippen LogP contribution in [0, 0.1) is 10.1 Å². The van der Waals surface area contributed by atoms with Crippen molar-refractivity contribution in [1.82, 2.24) is 9.80 Å². The van der Waals surface area contributed by atoms with Gasteiger partial charge in [0.2, 0.25) is 0 Å². The molecular formula is C17H23N3O4S. The first-order valence-electron chi connectivity index (χ1n) is 8.60. The fraction of sp³-hybridized carbons (Fsp3) is 0.588. The Balaban J connectivity index is 1.54. The molecule has 1 amide bonds. The highest BCUT2D eigenvalue weighted by Gasteiger charge is 2.36. The molecule has 0 saturated carbocycles. The lowest BCUT2D eigenvalue weighted by atomic mass is 10.2. The van der Waals surface area contributed by atoms with Gasteiger partial charge in [0.25, 0.3) is 5.69 Å². The van der Waals surface area contributed by atoms with Gasteiger partial charge in [-0.25, -0.2) is 4.79 Å². The maximum atomic E-state index is 12.5. The van der Waals surface area contributed by atoms with Gasteiger partial charge < -0.3 is 14.5 Å². The number of benzene rings is 1. The molecule has 2 aliphatic rings. The molecule has 0 N–H and O–H groups in total. The average Bonchev–Trinajstić information content (AvgIpc) is 3.23. The zero-order chi connectivity index (χ0) is 17.8. The smallest absolute Gasteiger partial charge is 0.410 e. The number of nitrogens with zero attached hydrogens (tertiary/aromatic N) is 3. The summed E-state index contributed by atoms with van der Waals surface area (Å²) in [6.07, 6.45) is 2.99. The highest BCUT2D eigenvalue weighted by Crippen LogP contribution is 2.25. The third-order valence-electron chi connectivity index (χ3n) is 4.80. The van der Waals surface area contributed by atoms with Gasteiger partial charge in [0.15, 0.2) is 0 Å². The Morgan fingerprint density at radius 1 is 1.28 bits per heavy atom. The van der Waals surface area contributed by atoms with E-state index in [1.807, 2.05) is 0 Å². The van der Waals surface area contributed by atoms with Gasteiger partial charge in [-0.1, -0.05) is 0 Å². The zero-order valence-corrected chi connectivity index (χ0v) is 14.9. The van der Waals surface area contributed by atoms with Gasteiger partial charge in [-0.05, 0) is 50.0 Å². The summed E-state index contributed by atoms with van der Waals surface area (Å²) >= 11 is 4.54. The number of ether oxygens (including phenoxy) is 1. The summed E-state index contributed by atoms with van der Waals surface area (Å²) in [5.41, 5.74) is 0.759. The second kappa shape index (κ2) is 8.05. The summed E-state index contributed by atoms with van der Waals surface area (Å²) in [7, 11) is 0. The molecule has 2 heterocycles. The highest BCUT2D eigenvalue weighted by molar-refractivity contribution is 7.81. The van der Waals surface area contributed by atoms with Crippen molar-refractivity contribution >= 4 is 24.4 Å². The van der Waals surface area contributed by atoms with E-state index in [1.54, 1.807) is 17.0 Å². The van der Waals surface area contributed by atoms with Crippen LogP contribution in [0.1, 0.15) is 24.8 Å². The van der Waals surface area contributed by atoms with E-state index in [0.717, 1.165) is 31.6 Å². The molecule has 2 atom stereocenters. The van der Waals surface area contributed by atoms with E-state index < -0.39 is 4.92 Å². The Bertz CT molecular complexity index is 619. The summed E-state index contributed by atoms with van der Waals surface area (Å²) in [4.78, 5) is 26.9. The Labute approximate surface area is 152 Å². The summed E-state index contributed by atoms with van der Waals surface area (Å²) in [5, 5.41) is 10.8. The van der Waals surface area contributed by atoms with Crippen molar-refractivity contribution in [1.29, 1.82) is 0 Å². The molecule has 136 valence electrons. The number of hydrogen-bond donors (Lipinski definition) is 1. The van der Waals surface area contributed by atoms with E-state index in [4.69, 9.17) is 4.74 Å². The molecule has 7 nitrogen and oxygen atoms in total. The highest BCUT2D eigenvalue weighted by atomic mass is 32.1. The van der Waals surface area contributed by atoms with Crippen molar-refractivity contribution in [2.24, 2.45) is 0 Å². The summed E-state index contributed by atoms with van der Waals surface area (Å²) in [6.45, 7) is 3.78. The van der Waals surface area contributed by atoms with Crippen molar-refractivity contribution in [2.75, 3.05) is 26.2 Å². The quantitative estimate of drug-likeness (QED) is 0.493. The largest absolute Gasteiger partial charge is 0.445 e. The standard InChI is InChI=1S/C17H23N3O4S/c21-17(24-12-13-3-5-14(6-4-13)20(22)23)19-11-16(25)9-15(19)10-18-7-1-2-8-18/h3-6,15-16,25H,1-2,7-12H2/t15-,16-/m0/s1. The number of hydrogen-bond acceptors (Lipinski definition) is 6. The van der Waals surface area contributed by atoms with Crippen LogP contribution >= 0.6 is 12.6 Å².